The molecule has 2 rings (SSSR count). The zero-order valence-electron chi connectivity index (χ0n) is 11.6. The molecule has 1 aliphatic carbocycles. The first kappa shape index (κ1) is 13.8. The first-order valence-corrected chi connectivity index (χ1v) is 6.54. The van der Waals surface area contributed by atoms with Crippen LogP contribution in [-0.4, -0.2) is 28.2 Å². The van der Waals surface area contributed by atoms with Gasteiger partial charge in [-0.05, 0) is 31.1 Å². The molecule has 0 bridgehead atoms. The van der Waals surface area contributed by atoms with Gasteiger partial charge >= 0.3 is 12.0 Å². The Balaban J connectivity index is 2.09. The van der Waals surface area contributed by atoms with E-state index in [9.17, 15) is 0 Å². The highest BCUT2D eigenvalue weighted by molar-refractivity contribution is 5.25. The van der Waals surface area contributed by atoms with Gasteiger partial charge in [-0.1, -0.05) is 13.8 Å². The Hall–Kier alpha value is -1.63. The molecule has 1 aromatic heterocycles. The van der Waals surface area contributed by atoms with Crippen molar-refractivity contribution in [1.29, 1.82) is 0 Å². The Labute approximate surface area is 112 Å². The molecule has 1 aliphatic rings. The van der Waals surface area contributed by atoms with Crippen LogP contribution >= 0.6 is 0 Å². The smallest absolute Gasteiger partial charge is 0.324 e. The van der Waals surface area contributed by atoms with Gasteiger partial charge in [-0.2, -0.15) is 9.97 Å². The van der Waals surface area contributed by atoms with E-state index >= 15 is 0 Å². The minimum atomic E-state index is 0.136. The molecule has 0 amide bonds. The predicted molar refractivity (Wildman–Crippen MR) is 70.8 cm³/mol. The lowest BCUT2D eigenvalue weighted by molar-refractivity contribution is 0.0910. The van der Waals surface area contributed by atoms with Gasteiger partial charge in [0, 0.05) is 0 Å². The quantitative estimate of drug-likeness (QED) is 0.628. The summed E-state index contributed by atoms with van der Waals surface area (Å²) >= 11 is 0. The maximum atomic E-state index is 5.84. The molecule has 19 heavy (non-hydrogen) atoms. The van der Waals surface area contributed by atoms with Crippen molar-refractivity contribution in [3.8, 4) is 12.0 Å². The van der Waals surface area contributed by atoms with E-state index in [-0.39, 0.29) is 24.1 Å². The molecule has 0 saturated heterocycles. The van der Waals surface area contributed by atoms with Crippen molar-refractivity contribution in [3.05, 3.63) is 0 Å². The van der Waals surface area contributed by atoms with E-state index in [4.69, 9.17) is 15.3 Å². The lowest BCUT2D eigenvalue weighted by atomic mass is 9.82. The molecule has 3 N–H and O–H groups in total. The second kappa shape index (κ2) is 6.01. The molecular formula is C12H21N5O2. The van der Waals surface area contributed by atoms with Gasteiger partial charge in [0.15, 0.2) is 0 Å². The fourth-order valence-electron chi connectivity index (χ4n) is 2.66. The summed E-state index contributed by atoms with van der Waals surface area (Å²) < 4.78 is 10.8. The molecule has 0 aliphatic heterocycles. The van der Waals surface area contributed by atoms with E-state index in [1.807, 2.05) is 0 Å². The summed E-state index contributed by atoms with van der Waals surface area (Å²) in [6, 6.07) is 0.445. The molecular weight excluding hydrogens is 246 g/mol. The standard InChI is InChI=1S/C12H21N5O2/c1-7-4-8(2)6-9(5-7)19-12-15-10(17-13)14-11(16-12)18-3/h7-9H,4-6,13H2,1-3H3,(H,14,15,16,17). The average molecular weight is 267 g/mol. The number of aromatic nitrogens is 3. The summed E-state index contributed by atoms with van der Waals surface area (Å²) in [5, 5.41) is 0. The minimum absolute atomic E-state index is 0.136. The number of nitrogens with one attached hydrogen (secondary N) is 1. The summed E-state index contributed by atoms with van der Waals surface area (Å²) in [6.45, 7) is 4.49. The maximum absolute atomic E-state index is 5.84. The van der Waals surface area contributed by atoms with Crippen molar-refractivity contribution >= 4 is 5.95 Å². The van der Waals surface area contributed by atoms with Gasteiger partial charge in [-0.25, -0.2) is 5.84 Å². The van der Waals surface area contributed by atoms with Crippen LogP contribution in [0.5, 0.6) is 12.0 Å². The van der Waals surface area contributed by atoms with E-state index in [1.165, 1.54) is 13.5 Å². The summed E-state index contributed by atoms with van der Waals surface area (Å²) in [5.74, 6) is 6.85. The third kappa shape index (κ3) is 3.66. The SMILES string of the molecule is COc1nc(NN)nc(OC2CC(C)CC(C)C2)n1. The number of ether oxygens (including phenoxy) is 2. The number of nitrogens with zero attached hydrogens (tertiary/aromatic N) is 3. The highest BCUT2D eigenvalue weighted by Gasteiger charge is 2.26. The van der Waals surface area contributed by atoms with Crippen molar-refractivity contribution in [2.75, 3.05) is 12.5 Å². The van der Waals surface area contributed by atoms with Gasteiger partial charge in [0.1, 0.15) is 6.10 Å². The molecule has 0 spiro atoms. The van der Waals surface area contributed by atoms with Crippen LogP contribution in [0.1, 0.15) is 33.1 Å². The largest absolute Gasteiger partial charge is 0.467 e. The van der Waals surface area contributed by atoms with Crippen LogP contribution in [0.2, 0.25) is 0 Å². The minimum Gasteiger partial charge on any atom is -0.467 e. The Morgan fingerprint density at radius 2 is 1.68 bits per heavy atom. The molecule has 0 radical (unpaired) electrons. The highest BCUT2D eigenvalue weighted by atomic mass is 16.5. The number of methoxy groups -OCH3 is 1. The van der Waals surface area contributed by atoms with Crippen molar-refractivity contribution < 1.29 is 9.47 Å². The number of rotatable bonds is 4. The van der Waals surface area contributed by atoms with Crippen molar-refractivity contribution in [2.24, 2.45) is 17.7 Å². The Morgan fingerprint density at radius 1 is 1.05 bits per heavy atom. The molecule has 2 atom stereocenters. The van der Waals surface area contributed by atoms with Crippen LogP contribution in [0.15, 0.2) is 0 Å². The fourth-order valence-corrected chi connectivity index (χ4v) is 2.66. The molecule has 7 nitrogen and oxygen atoms in total. The van der Waals surface area contributed by atoms with Crippen molar-refractivity contribution in [2.45, 2.75) is 39.2 Å². The summed E-state index contributed by atoms with van der Waals surface area (Å²) in [7, 11) is 1.49. The highest BCUT2D eigenvalue weighted by Crippen LogP contribution is 2.30. The monoisotopic (exact) mass is 267 g/mol. The Kier molecular flexibility index (Phi) is 4.36. The van der Waals surface area contributed by atoms with Crippen molar-refractivity contribution in [3.63, 3.8) is 0 Å². The second-order valence-electron chi connectivity index (χ2n) is 5.23. The third-order valence-electron chi connectivity index (χ3n) is 3.31. The van der Waals surface area contributed by atoms with Crippen LogP contribution in [0.3, 0.4) is 0 Å². The van der Waals surface area contributed by atoms with Crippen LogP contribution in [0.25, 0.3) is 0 Å². The Bertz CT molecular complexity index is 396. The number of hydrogen-bond donors (Lipinski definition) is 2. The van der Waals surface area contributed by atoms with Gasteiger partial charge < -0.3 is 9.47 Å². The first-order valence-electron chi connectivity index (χ1n) is 6.54. The summed E-state index contributed by atoms with van der Waals surface area (Å²) in [4.78, 5) is 12.1. The van der Waals surface area contributed by atoms with E-state index in [0.717, 1.165) is 12.8 Å². The number of anilines is 1. The number of hydrazine groups is 1. The molecule has 2 unspecified atom stereocenters. The molecule has 1 saturated carbocycles. The van der Waals surface area contributed by atoms with Crippen molar-refractivity contribution in [1.82, 2.24) is 15.0 Å². The van der Waals surface area contributed by atoms with Gasteiger partial charge in [0.2, 0.25) is 5.95 Å². The second-order valence-corrected chi connectivity index (χ2v) is 5.23. The Morgan fingerprint density at radius 3 is 2.26 bits per heavy atom. The fraction of sp³-hybridized carbons (Fsp3) is 0.750. The lowest BCUT2D eigenvalue weighted by Gasteiger charge is -2.30. The molecule has 7 heteroatoms. The van der Waals surface area contributed by atoms with E-state index < -0.39 is 0 Å². The maximum Gasteiger partial charge on any atom is 0.324 e. The van der Waals surface area contributed by atoms with E-state index in [2.05, 4.69) is 34.2 Å². The van der Waals surface area contributed by atoms with E-state index in [1.54, 1.807) is 0 Å². The zero-order chi connectivity index (χ0) is 13.8. The van der Waals surface area contributed by atoms with Crippen LogP contribution in [-0.2, 0) is 0 Å². The molecule has 106 valence electrons. The molecule has 0 aromatic carbocycles. The first-order chi connectivity index (χ1) is 9.10. The summed E-state index contributed by atoms with van der Waals surface area (Å²) in [5.41, 5.74) is 2.37. The lowest BCUT2D eigenvalue weighted by Crippen LogP contribution is -2.29. The van der Waals surface area contributed by atoms with Gasteiger partial charge in [-0.3, -0.25) is 5.43 Å². The third-order valence-corrected chi connectivity index (χ3v) is 3.31. The average Bonchev–Trinajstić information content (AvgIpc) is 2.37. The number of nitrogens with two attached hydrogens (primary N) is 1. The number of nitrogen functional groups attached to an aromatic ring is 1. The molecule has 1 heterocycles. The molecule has 1 aromatic rings. The van der Waals surface area contributed by atoms with Gasteiger partial charge in [0.25, 0.3) is 0 Å². The van der Waals surface area contributed by atoms with Crippen LogP contribution in [0, 0.1) is 11.8 Å². The summed E-state index contributed by atoms with van der Waals surface area (Å²) in [6.07, 6.45) is 3.42. The van der Waals surface area contributed by atoms with E-state index in [0.29, 0.717) is 11.8 Å². The van der Waals surface area contributed by atoms with Gasteiger partial charge in [0.05, 0.1) is 7.11 Å². The van der Waals surface area contributed by atoms with Crippen LogP contribution in [0.4, 0.5) is 5.95 Å². The normalized spacial score (nSPS) is 26.8. The van der Waals surface area contributed by atoms with Crippen LogP contribution < -0.4 is 20.7 Å². The predicted octanol–water partition coefficient (Wildman–Crippen LogP) is 1.37. The number of hydrogen-bond acceptors (Lipinski definition) is 7. The zero-order valence-corrected chi connectivity index (χ0v) is 11.6. The topological polar surface area (TPSA) is 95.2 Å². The van der Waals surface area contributed by atoms with Gasteiger partial charge in [-0.15, -0.1) is 4.98 Å². The molecule has 1 fully saturated rings.